The SMILES string of the molecule is CCCNCC1(CN(C)Cc2ccccc2F)CCOC1. The van der Waals surface area contributed by atoms with Crippen LogP contribution in [0.4, 0.5) is 4.39 Å². The average Bonchev–Trinajstić information content (AvgIpc) is 2.90. The molecular weight excluding hydrogens is 267 g/mol. The second kappa shape index (κ2) is 7.87. The van der Waals surface area contributed by atoms with Crippen LogP contribution in [0.25, 0.3) is 0 Å². The lowest BCUT2D eigenvalue weighted by Gasteiger charge is -2.32. The molecule has 1 unspecified atom stereocenters. The molecule has 0 spiro atoms. The van der Waals surface area contributed by atoms with E-state index in [0.29, 0.717) is 6.54 Å². The lowest BCUT2D eigenvalue weighted by Crippen LogP contribution is -2.43. The van der Waals surface area contributed by atoms with Crippen LogP contribution in [0.5, 0.6) is 0 Å². The Morgan fingerprint density at radius 2 is 2.19 bits per heavy atom. The molecule has 1 saturated heterocycles. The molecule has 1 atom stereocenters. The summed E-state index contributed by atoms with van der Waals surface area (Å²) in [6.07, 6.45) is 2.22. The van der Waals surface area contributed by atoms with E-state index in [9.17, 15) is 4.39 Å². The van der Waals surface area contributed by atoms with E-state index in [1.807, 2.05) is 12.1 Å². The molecule has 1 aromatic carbocycles. The molecule has 2 rings (SSSR count). The zero-order valence-corrected chi connectivity index (χ0v) is 13.2. The van der Waals surface area contributed by atoms with Gasteiger partial charge >= 0.3 is 0 Å². The number of hydrogen-bond donors (Lipinski definition) is 1. The molecule has 1 heterocycles. The summed E-state index contributed by atoms with van der Waals surface area (Å²) in [4.78, 5) is 2.21. The van der Waals surface area contributed by atoms with Crippen molar-refractivity contribution in [1.82, 2.24) is 10.2 Å². The summed E-state index contributed by atoms with van der Waals surface area (Å²) >= 11 is 0. The van der Waals surface area contributed by atoms with Crippen LogP contribution in [-0.4, -0.2) is 44.8 Å². The Morgan fingerprint density at radius 1 is 1.38 bits per heavy atom. The van der Waals surface area contributed by atoms with E-state index in [0.717, 1.165) is 51.3 Å². The normalized spacial score (nSPS) is 22.1. The summed E-state index contributed by atoms with van der Waals surface area (Å²) < 4.78 is 19.4. The van der Waals surface area contributed by atoms with Crippen molar-refractivity contribution in [2.24, 2.45) is 5.41 Å². The second-order valence-corrected chi connectivity index (χ2v) is 6.24. The number of nitrogens with zero attached hydrogens (tertiary/aromatic N) is 1. The maximum absolute atomic E-state index is 13.7. The number of rotatable bonds is 8. The van der Waals surface area contributed by atoms with Crippen molar-refractivity contribution in [3.63, 3.8) is 0 Å². The summed E-state index contributed by atoms with van der Waals surface area (Å²) in [5.74, 6) is -0.120. The van der Waals surface area contributed by atoms with Gasteiger partial charge in [0.1, 0.15) is 5.82 Å². The Balaban J connectivity index is 1.92. The predicted molar refractivity (Wildman–Crippen MR) is 83.8 cm³/mol. The van der Waals surface area contributed by atoms with E-state index in [1.165, 1.54) is 6.07 Å². The van der Waals surface area contributed by atoms with Gasteiger partial charge < -0.3 is 15.0 Å². The van der Waals surface area contributed by atoms with Gasteiger partial charge in [0.2, 0.25) is 0 Å². The van der Waals surface area contributed by atoms with Crippen LogP contribution >= 0.6 is 0 Å². The van der Waals surface area contributed by atoms with Gasteiger partial charge in [0, 0.05) is 37.2 Å². The van der Waals surface area contributed by atoms with Gasteiger partial charge in [0.15, 0.2) is 0 Å². The quantitative estimate of drug-likeness (QED) is 0.746. The fraction of sp³-hybridized carbons (Fsp3) is 0.647. The Morgan fingerprint density at radius 3 is 2.86 bits per heavy atom. The molecule has 1 N–H and O–H groups in total. The molecule has 0 aliphatic carbocycles. The zero-order chi connectivity index (χ0) is 15.1. The minimum Gasteiger partial charge on any atom is -0.381 e. The number of halogens is 1. The number of ether oxygens (including phenoxy) is 1. The monoisotopic (exact) mass is 294 g/mol. The first-order valence-corrected chi connectivity index (χ1v) is 7.86. The van der Waals surface area contributed by atoms with Gasteiger partial charge in [-0.05, 0) is 32.5 Å². The van der Waals surface area contributed by atoms with Crippen molar-refractivity contribution in [3.8, 4) is 0 Å². The van der Waals surface area contributed by atoms with Gasteiger partial charge in [0.25, 0.3) is 0 Å². The van der Waals surface area contributed by atoms with Gasteiger partial charge in [0.05, 0.1) is 6.61 Å². The topological polar surface area (TPSA) is 24.5 Å². The molecule has 118 valence electrons. The average molecular weight is 294 g/mol. The molecule has 0 amide bonds. The standard InChI is InChI=1S/C17H27FN2O/c1-3-9-19-12-17(8-10-21-14-17)13-20(2)11-15-6-4-5-7-16(15)18/h4-7,19H,3,8-14H2,1-2H3. The molecule has 3 nitrogen and oxygen atoms in total. The molecule has 4 heteroatoms. The Kier molecular flexibility index (Phi) is 6.15. The fourth-order valence-corrected chi connectivity index (χ4v) is 3.05. The Labute approximate surface area is 127 Å². The first kappa shape index (κ1) is 16.4. The molecule has 0 radical (unpaired) electrons. The van der Waals surface area contributed by atoms with Crippen LogP contribution < -0.4 is 5.32 Å². The smallest absolute Gasteiger partial charge is 0.127 e. The molecule has 0 bridgehead atoms. The van der Waals surface area contributed by atoms with Gasteiger partial charge in [-0.3, -0.25) is 0 Å². The van der Waals surface area contributed by atoms with Crippen molar-refractivity contribution in [2.75, 3.05) is 39.9 Å². The first-order chi connectivity index (χ1) is 10.2. The molecule has 1 aliphatic rings. The third-order valence-electron chi connectivity index (χ3n) is 4.12. The van der Waals surface area contributed by atoms with Gasteiger partial charge in [-0.25, -0.2) is 4.39 Å². The van der Waals surface area contributed by atoms with Gasteiger partial charge in [-0.2, -0.15) is 0 Å². The minimum atomic E-state index is -0.120. The van der Waals surface area contributed by atoms with Crippen LogP contribution in [0.15, 0.2) is 24.3 Å². The number of benzene rings is 1. The number of nitrogens with one attached hydrogen (secondary N) is 1. The predicted octanol–water partition coefficient (Wildman–Crippen LogP) is 2.66. The molecule has 1 aromatic rings. The summed E-state index contributed by atoms with van der Waals surface area (Å²) in [6.45, 7) is 7.39. The van der Waals surface area contributed by atoms with Crippen LogP contribution in [0.1, 0.15) is 25.3 Å². The van der Waals surface area contributed by atoms with Crippen LogP contribution in [0.3, 0.4) is 0 Å². The van der Waals surface area contributed by atoms with Gasteiger partial charge in [-0.15, -0.1) is 0 Å². The highest BCUT2D eigenvalue weighted by molar-refractivity contribution is 5.17. The molecule has 1 aliphatic heterocycles. The van der Waals surface area contributed by atoms with Gasteiger partial charge in [-0.1, -0.05) is 25.1 Å². The highest BCUT2D eigenvalue weighted by Gasteiger charge is 2.35. The fourth-order valence-electron chi connectivity index (χ4n) is 3.05. The Bertz CT molecular complexity index is 433. The van der Waals surface area contributed by atoms with E-state index in [-0.39, 0.29) is 11.2 Å². The highest BCUT2D eigenvalue weighted by Crippen LogP contribution is 2.29. The van der Waals surface area contributed by atoms with Crippen molar-refractivity contribution < 1.29 is 9.13 Å². The molecule has 0 saturated carbocycles. The summed E-state index contributed by atoms with van der Waals surface area (Å²) in [7, 11) is 2.06. The summed E-state index contributed by atoms with van der Waals surface area (Å²) in [6, 6.07) is 7.02. The zero-order valence-electron chi connectivity index (χ0n) is 13.2. The maximum Gasteiger partial charge on any atom is 0.127 e. The minimum absolute atomic E-state index is 0.120. The maximum atomic E-state index is 13.7. The third kappa shape index (κ3) is 4.77. The van der Waals surface area contributed by atoms with E-state index < -0.39 is 0 Å². The Hall–Kier alpha value is -0.970. The van der Waals surface area contributed by atoms with Crippen molar-refractivity contribution in [2.45, 2.75) is 26.3 Å². The summed E-state index contributed by atoms with van der Waals surface area (Å²) in [5.41, 5.74) is 0.922. The van der Waals surface area contributed by atoms with E-state index in [4.69, 9.17) is 4.74 Å². The van der Waals surface area contributed by atoms with Crippen molar-refractivity contribution in [3.05, 3.63) is 35.6 Å². The third-order valence-corrected chi connectivity index (χ3v) is 4.12. The van der Waals surface area contributed by atoms with Crippen molar-refractivity contribution >= 4 is 0 Å². The van der Waals surface area contributed by atoms with E-state index >= 15 is 0 Å². The van der Waals surface area contributed by atoms with E-state index in [2.05, 4.69) is 24.2 Å². The molecule has 0 aromatic heterocycles. The highest BCUT2D eigenvalue weighted by atomic mass is 19.1. The summed E-state index contributed by atoms with van der Waals surface area (Å²) in [5, 5.41) is 3.52. The lowest BCUT2D eigenvalue weighted by molar-refractivity contribution is 0.116. The lowest BCUT2D eigenvalue weighted by atomic mass is 9.86. The van der Waals surface area contributed by atoms with Crippen molar-refractivity contribution in [1.29, 1.82) is 0 Å². The number of hydrogen-bond acceptors (Lipinski definition) is 3. The first-order valence-electron chi connectivity index (χ1n) is 7.86. The molecule has 21 heavy (non-hydrogen) atoms. The largest absolute Gasteiger partial charge is 0.381 e. The van der Waals surface area contributed by atoms with Crippen LogP contribution in [-0.2, 0) is 11.3 Å². The van der Waals surface area contributed by atoms with Crippen LogP contribution in [0, 0.1) is 11.2 Å². The second-order valence-electron chi connectivity index (χ2n) is 6.24. The molecular formula is C17H27FN2O. The molecule has 1 fully saturated rings. The van der Waals surface area contributed by atoms with Crippen LogP contribution in [0.2, 0.25) is 0 Å². The van der Waals surface area contributed by atoms with E-state index in [1.54, 1.807) is 6.07 Å².